The molecule has 0 bridgehead atoms. The normalized spacial score (nSPS) is 9.76. The number of urea groups is 1. The lowest BCUT2D eigenvalue weighted by Gasteiger charge is -2.09. The van der Waals surface area contributed by atoms with E-state index in [-0.39, 0.29) is 11.5 Å². The molecule has 1 aromatic heterocycles. The smallest absolute Gasteiger partial charge is 0.307 e. The van der Waals surface area contributed by atoms with Crippen LogP contribution in [-0.4, -0.2) is 15.9 Å². The highest BCUT2D eigenvalue weighted by Gasteiger charge is 2.14. The van der Waals surface area contributed by atoms with E-state index in [2.05, 4.69) is 21.2 Å². The Hall–Kier alpha value is -3.23. The van der Waals surface area contributed by atoms with Crippen molar-refractivity contribution in [3.8, 4) is 0 Å². The number of carbonyl (C=O) groups is 1. The van der Waals surface area contributed by atoms with Gasteiger partial charge in [-0.05, 0) is 30.3 Å². The summed E-state index contributed by atoms with van der Waals surface area (Å²) in [6, 6.07) is 7.09. The fraction of sp³-hybridized carbons (Fsp3) is 0. The van der Waals surface area contributed by atoms with E-state index >= 15 is 0 Å². The lowest BCUT2D eigenvalue weighted by atomic mass is 10.3. The minimum Gasteiger partial charge on any atom is -0.307 e. The van der Waals surface area contributed by atoms with Crippen molar-refractivity contribution < 1.29 is 14.1 Å². The van der Waals surface area contributed by atoms with Gasteiger partial charge in [0.1, 0.15) is 5.82 Å². The predicted octanol–water partition coefficient (Wildman–Crippen LogP) is 2.28. The van der Waals surface area contributed by atoms with Gasteiger partial charge in [-0.2, -0.15) is 0 Å². The molecule has 2 rings (SSSR count). The standard InChI is InChI=1S/C12H10FN5O3/c13-8-3-5-9(6-4-8)15-12(19)17-16-11-10(18(20)21)2-1-7-14-11/h1-7H,(H,14,16)(H2,15,17,19). The van der Waals surface area contributed by atoms with Gasteiger partial charge < -0.3 is 5.32 Å². The molecule has 2 amide bonds. The number of halogens is 1. The van der Waals surface area contributed by atoms with Crippen molar-refractivity contribution in [1.29, 1.82) is 0 Å². The summed E-state index contributed by atoms with van der Waals surface area (Å²) in [4.78, 5) is 25.4. The fourth-order valence-corrected chi connectivity index (χ4v) is 1.45. The zero-order valence-corrected chi connectivity index (χ0v) is 10.5. The Bertz CT molecular complexity index is 662. The zero-order chi connectivity index (χ0) is 15.2. The minimum absolute atomic E-state index is 0.100. The van der Waals surface area contributed by atoms with Crippen molar-refractivity contribution in [2.75, 3.05) is 10.7 Å². The number of aromatic nitrogens is 1. The van der Waals surface area contributed by atoms with Crippen LogP contribution in [-0.2, 0) is 0 Å². The van der Waals surface area contributed by atoms with E-state index in [1.54, 1.807) is 0 Å². The molecule has 0 aliphatic heterocycles. The topological polar surface area (TPSA) is 109 Å². The number of pyridine rings is 1. The molecule has 0 saturated carbocycles. The van der Waals surface area contributed by atoms with Gasteiger partial charge in [-0.3, -0.25) is 15.5 Å². The van der Waals surface area contributed by atoms with Crippen molar-refractivity contribution in [3.05, 3.63) is 58.5 Å². The second kappa shape index (κ2) is 6.28. The number of hydrogen-bond acceptors (Lipinski definition) is 5. The summed E-state index contributed by atoms with van der Waals surface area (Å²) < 4.78 is 12.7. The number of rotatable bonds is 4. The zero-order valence-electron chi connectivity index (χ0n) is 10.5. The second-order valence-electron chi connectivity index (χ2n) is 3.84. The molecule has 21 heavy (non-hydrogen) atoms. The molecule has 0 radical (unpaired) electrons. The number of nitro groups is 1. The number of anilines is 2. The molecular weight excluding hydrogens is 281 g/mol. The van der Waals surface area contributed by atoms with Gasteiger partial charge in [-0.1, -0.05) is 0 Å². The van der Waals surface area contributed by atoms with E-state index in [0.717, 1.165) is 0 Å². The van der Waals surface area contributed by atoms with Gasteiger partial charge >= 0.3 is 11.7 Å². The number of nitrogens with zero attached hydrogens (tertiary/aromatic N) is 2. The van der Waals surface area contributed by atoms with Crippen LogP contribution in [0.4, 0.5) is 26.4 Å². The third kappa shape index (κ3) is 3.86. The quantitative estimate of drug-likeness (QED) is 0.591. The molecule has 0 aliphatic rings. The van der Waals surface area contributed by atoms with Crippen LogP contribution in [0.25, 0.3) is 0 Å². The number of hydrogen-bond donors (Lipinski definition) is 3. The van der Waals surface area contributed by atoms with E-state index in [1.165, 1.54) is 42.6 Å². The Morgan fingerprint density at radius 2 is 1.95 bits per heavy atom. The first-order chi connectivity index (χ1) is 10.1. The molecule has 0 spiro atoms. The van der Waals surface area contributed by atoms with Gasteiger partial charge in [-0.15, -0.1) is 0 Å². The highest BCUT2D eigenvalue weighted by atomic mass is 19.1. The van der Waals surface area contributed by atoms with Crippen LogP contribution in [0.2, 0.25) is 0 Å². The van der Waals surface area contributed by atoms with E-state index in [4.69, 9.17) is 0 Å². The first-order valence-electron chi connectivity index (χ1n) is 5.74. The van der Waals surface area contributed by atoms with Crippen molar-refractivity contribution in [2.45, 2.75) is 0 Å². The molecule has 9 heteroatoms. The first kappa shape index (κ1) is 14.2. The summed E-state index contributed by atoms with van der Waals surface area (Å²) in [5.41, 5.74) is 4.62. The van der Waals surface area contributed by atoms with Crippen molar-refractivity contribution in [1.82, 2.24) is 10.4 Å². The molecule has 1 heterocycles. The van der Waals surface area contributed by atoms with E-state index in [9.17, 15) is 19.3 Å². The summed E-state index contributed by atoms with van der Waals surface area (Å²) in [5, 5.41) is 13.2. The monoisotopic (exact) mass is 291 g/mol. The van der Waals surface area contributed by atoms with Gasteiger partial charge in [-0.25, -0.2) is 19.6 Å². The van der Waals surface area contributed by atoms with Gasteiger partial charge in [0.25, 0.3) is 0 Å². The molecule has 0 fully saturated rings. The lowest BCUT2D eigenvalue weighted by molar-refractivity contribution is -0.384. The van der Waals surface area contributed by atoms with Gasteiger partial charge in [0.05, 0.1) is 4.92 Å². The highest BCUT2D eigenvalue weighted by molar-refractivity contribution is 5.90. The third-order valence-corrected chi connectivity index (χ3v) is 2.38. The fourth-order valence-electron chi connectivity index (χ4n) is 1.45. The minimum atomic E-state index is -0.679. The van der Waals surface area contributed by atoms with Crippen molar-refractivity contribution >= 4 is 23.2 Å². The van der Waals surface area contributed by atoms with E-state index in [0.29, 0.717) is 5.69 Å². The van der Waals surface area contributed by atoms with Crippen LogP contribution in [0.1, 0.15) is 0 Å². The van der Waals surface area contributed by atoms with Crippen molar-refractivity contribution in [3.63, 3.8) is 0 Å². The van der Waals surface area contributed by atoms with E-state index in [1.807, 2.05) is 0 Å². The maximum Gasteiger partial charge on any atom is 0.337 e. The molecule has 0 atom stereocenters. The van der Waals surface area contributed by atoms with E-state index < -0.39 is 16.8 Å². The van der Waals surface area contributed by atoms with Crippen LogP contribution in [0, 0.1) is 15.9 Å². The summed E-state index contributed by atoms with van der Waals surface area (Å²) in [6.07, 6.45) is 1.34. The third-order valence-electron chi connectivity index (χ3n) is 2.38. The van der Waals surface area contributed by atoms with Gasteiger partial charge in [0.15, 0.2) is 0 Å². The van der Waals surface area contributed by atoms with Crippen LogP contribution >= 0.6 is 0 Å². The average molecular weight is 291 g/mol. The number of benzene rings is 1. The number of hydrazine groups is 1. The SMILES string of the molecule is O=C(NNc1ncccc1[N+](=O)[O-])Nc1ccc(F)cc1. The highest BCUT2D eigenvalue weighted by Crippen LogP contribution is 2.19. The first-order valence-corrected chi connectivity index (χ1v) is 5.74. The molecule has 0 saturated heterocycles. The Labute approximate surface area is 118 Å². The van der Waals surface area contributed by atoms with Crippen molar-refractivity contribution in [2.24, 2.45) is 0 Å². The molecule has 1 aromatic carbocycles. The second-order valence-corrected chi connectivity index (χ2v) is 3.84. The number of nitrogens with one attached hydrogen (secondary N) is 3. The number of carbonyl (C=O) groups excluding carboxylic acids is 1. The molecular formula is C12H10FN5O3. The number of amides is 2. The van der Waals surface area contributed by atoms with Crippen LogP contribution in [0.3, 0.4) is 0 Å². The molecule has 0 unspecified atom stereocenters. The maximum absolute atomic E-state index is 12.7. The molecule has 3 N–H and O–H groups in total. The van der Waals surface area contributed by atoms with Crippen LogP contribution in [0.5, 0.6) is 0 Å². The molecule has 2 aromatic rings. The average Bonchev–Trinajstić information content (AvgIpc) is 2.48. The Balaban J connectivity index is 1.95. The Morgan fingerprint density at radius 1 is 1.24 bits per heavy atom. The molecule has 0 aliphatic carbocycles. The van der Waals surface area contributed by atoms with Crippen LogP contribution in [0.15, 0.2) is 42.6 Å². The molecule has 108 valence electrons. The summed E-state index contributed by atoms with van der Waals surface area (Å²) in [7, 11) is 0. The van der Waals surface area contributed by atoms with Crippen LogP contribution < -0.4 is 16.2 Å². The summed E-state index contributed by atoms with van der Waals surface area (Å²) >= 11 is 0. The van der Waals surface area contributed by atoms with Gasteiger partial charge in [0.2, 0.25) is 5.82 Å². The largest absolute Gasteiger partial charge is 0.337 e. The summed E-state index contributed by atoms with van der Waals surface area (Å²) in [5.74, 6) is -0.528. The lowest BCUT2D eigenvalue weighted by Crippen LogP contribution is -2.34. The Morgan fingerprint density at radius 3 is 2.62 bits per heavy atom. The Kier molecular flexibility index (Phi) is 4.24. The molecule has 8 nitrogen and oxygen atoms in total. The van der Waals surface area contributed by atoms with Gasteiger partial charge in [0, 0.05) is 18.0 Å². The summed E-state index contributed by atoms with van der Waals surface area (Å²) in [6.45, 7) is 0. The maximum atomic E-state index is 12.7. The predicted molar refractivity (Wildman–Crippen MR) is 73.1 cm³/mol.